The molecule has 8 heteroatoms. The SMILES string of the molecule is CCOC(=O)CC(CC(=O)OCC)(N=C=S)/N=N/C(C)(C)c1ccccc1. The minimum absolute atomic E-state index is 0.197. The Labute approximate surface area is 164 Å². The molecule has 146 valence electrons. The van der Waals surface area contributed by atoms with E-state index < -0.39 is 23.1 Å². The second kappa shape index (κ2) is 10.6. The van der Waals surface area contributed by atoms with E-state index in [9.17, 15) is 9.59 Å². The van der Waals surface area contributed by atoms with Crippen molar-refractivity contribution >= 4 is 29.3 Å². The predicted octanol–water partition coefficient (Wildman–Crippen LogP) is 4.08. The average molecular weight is 391 g/mol. The molecule has 0 radical (unpaired) electrons. The lowest BCUT2D eigenvalue weighted by Gasteiger charge is -2.25. The Morgan fingerprint density at radius 2 is 1.52 bits per heavy atom. The van der Waals surface area contributed by atoms with Crippen LogP contribution in [0.25, 0.3) is 0 Å². The highest BCUT2D eigenvalue weighted by molar-refractivity contribution is 7.78. The average Bonchev–Trinajstić information content (AvgIpc) is 2.61. The van der Waals surface area contributed by atoms with Gasteiger partial charge in [-0.15, -0.1) is 0 Å². The molecule has 0 unspecified atom stereocenters. The number of isothiocyanates is 1. The van der Waals surface area contributed by atoms with E-state index in [0.717, 1.165) is 5.56 Å². The molecule has 0 N–H and O–H groups in total. The van der Waals surface area contributed by atoms with E-state index in [0.29, 0.717) is 0 Å². The van der Waals surface area contributed by atoms with Crippen LogP contribution in [-0.4, -0.2) is 36.0 Å². The summed E-state index contributed by atoms with van der Waals surface area (Å²) < 4.78 is 9.97. The Balaban J connectivity index is 3.26. The van der Waals surface area contributed by atoms with Crippen molar-refractivity contribution in [2.45, 2.75) is 51.7 Å². The highest BCUT2D eigenvalue weighted by Gasteiger charge is 2.38. The second-order valence-electron chi connectivity index (χ2n) is 6.27. The summed E-state index contributed by atoms with van der Waals surface area (Å²) in [6.07, 6.45) is -0.588. The van der Waals surface area contributed by atoms with Crippen molar-refractivity contribution in [3.63, 3.8) is 0 Å². The first kappa shape index (κ1) is 22.6. The lowest BCUT2D eigenvalue weighted by Crippen LogP contribution is -2.33. The number of hydrogen-bond donors (Lipinski definition) is 0. The van der Waals surface area contributed by atoms with Crippen molar-refractivity contribution in [2.24, 2.45) is 15.2 Å². The molecule has 1 aromatic carbocycles. The number of benzene rings is 1. The van der Waals surface area contributed by atoms with Crippen molar-refractivity contribution in [3.05, 3.63) is 35.9 Å². The highest BCUT2D eigenvalue weighted by atomic mass is 32.1. The molecular weight excluding hydrogens is 366 g/mol. The maximum Gasteiger partial charge on any atom is 0.310 e. The van der Waals surface area contributed by atoms with Crippen molar-refractivity contribution < 1.29 is 19.1 Å². The van der Waals surface area contributed by atoms with Gasteiger partial charge in [0, 0.05) is 0 Å². The number of carbonyl (C=O) groups excluding carboxylic acids is 2. The van der Waals surface area contributed by atoms with Crippen LogP contribution < -0.4 is 0 Å². The van der Waals surface area contributed by atoms with Gasteiger partial charge in [0.2, 0.25) is 5.66 Å². The molecule has 0 saturated carbocycles. The summed E-state index contributed by atoms with van der Waals surface area (Å²) in [5.74, 6) is -1.13. The third-order valence-corrected chi connectivity index (χ3v) is 3.78. The fraction of sp³-hybridized carbons (Fsp3) is 0.526. The van der Waals surface area contributed by atoms with Gasteiger partial charge in [-0.25, -0.2) is 0 Å². The van der Waals surface area contributed by atoms with Crippen LogP contribution in [0, 0.1) is 0 Å². The molecule has 0 aliphatic carbocycles. The van der Waals surface area contributed by atoms with Crippen LogP contribution in [-0.2, 0) is 24.6 Å². The first-order valence-electron chi connectivity index (χ1n) is 8.68. The zero-order valence-electron chi connectivity index (χ0n) is 16.1. The van der Waals surface area contributed by atoms with Crippen LogP contribution in [0.1, 0.15) is 46.1 Å². The van der Waals surface area contributed by atoms with E-state index in [1.807, 2.05) is 44.2 Å². The lowest BCUT2D eigenvalue weighted by atomic mass is 9.95. The quantitative estimate of drug-likeness (QED) is 0.259. The van der Waals surface area contributed by atoms with Gasteiger partial charge >= 0.3 is 11.9 Å². The summed E-state index contributed by atoms with van der Waals surface area (Å²) in [7, 11) is 0. The normalized spacial score (nSPS) is 11.7. The summed E-state index contributed by atoms with van der Waals surface area (Å²) >= 11 is 4.71. The standard InChI is InChI=1S/C19H25N3O4S/c1-5-25-16(23)12-19(20-14-27,13-17(24)26-6-2)22-21-18(3,4)15-10-8-7-9-11-15/h7-11H,5-6,12-13H2,1-4H3/b22-21+. The van der Waals surface area contributed by atoms with Crippen LogP contribution >= 0.6 is 12.2 Å². The fourth-order valence-electron chi connectivity index (χ4n) is 2.33. The van der Waals surface area contributed by atoms with Gasteiger partial charge in [-0.2, -0.15) is 15.2 Å². The molecule has 0 aromatic heterocycles. The summed E-state index contributed by atoms with van der Waals surface area (Å²) in [6.45, 7) is 7.50. The third-order valence-electron chi connectivity index (χ3n) is 3.69. The number of aliphatic imine (C=N–C) groups is 1. The van der Waals surface area contributed by atoms with Crippen LogP contribution in [0.5, 0.6) is 0 Å². The number of azo groups is 1. The van der Waals surface area contributed by atoms with E-state index >= 15 is 0 Å². The molecule has 0 bridgehead atoms. The molecule has 1 rings (SSSR count). The van der Waals surface area contributed by atoms with E-state index in [1.165, 1.54) is 0 Å². The molecule has 0 aliphatic heterocycles. The molecule has 0 saturated heterocycles. The minimum atomic E-state index is -1.55. The zero-order chi connectivity index (χ0) is 20.3. The third kappa shape index (κ3) is 7.37. The summed E-state index contributed by atoms with van der Waals surface area (Å²) in [6, 6.07) is 9.53. The van der Waals surface area contributed by atoms with Crippen molar-refractivity contribution in [3.8, 4) is 0 Å². The monoisotopic (exact) mass is 391 g/mol. The Bertz CT molecular complexity index is 693. The zero-order valence-corrected chi connectivity index (χ0v) is 16.9. The van der Waals surface area contributed by atoms with Gasteiger partial charge in [-0.3, -0.25) is 9.59 Å². The lowest BCUT2D eigenvalue weighted by molar-refractivity contribution is -0.147. The smallest absolute Gasteiger partial charge is 0.310 e. The van der Waals surface area contributed by atoms with Crippen LogP contribution in [0.3, 0.4) is 0 Å². The molecule has 0 heterocycles. The van der Waals surface area contributed by atoms with Crippen molar-refractivity contribution in [1.29, 1.82) is 0 Å². The Kier molecular flexibility index (Phi) is 8.91. The molecular formula is C19H25N3O4S. The molecule has 7 nitrogen and oxygen atoms in total. The van der Waals surface area contributed by atoms with E-state index in [-0.39, 0.29) is 26.1 Å². The largest absolute Gasteiger partial charge is 0.466 e. The first-order valence-corrected chi connectivity index (χ1v) is 9.09. The number of thiocarbonyl (C=S) groups is 1. The van der Waals surface area contributed by atoms with Gasteiger partial charge in [-0.1, -0.05) is 30.3 Å². The molecule has 0 atom stereocenters. The Morgan fingerprint density at radius 1 is 1.00 bits per heavy atom. The predicted molar refractivity (Wildman–Crippen MR) is 105 cm³/mol. The number of hydrogen-bond acceptors (Lipinski definition) is 8. The number of carbonyl (C=O) groups is 2. The van der Waals surface area contributed by atoms with E-state index in [2.05, 4.69) is 20.4 Å². The minimum Gasteiger partial charge on any atom is -0.466 e. The molecule has 27 heavy (non-hydrogen) atoms. The van der Waals surface area contributed by atoms with Crippen molar-refractivity contribution in [2.75, 3.05) is 13.2 Å². The Morgan fingerprint density at radius 3 is 1.96 bits per heavy atom. The Hall–Kier alpha value is -2.44. The number of rotatable bonds is 10. The maximum absolute atomic E-state index is 12.1. The van der Waals surface area contributed by atoms with Gasteiger partial charge in [0.1, 0.15) is 5.54 Å². The maximum atomic E-state index is 12.1. The van der Waals surface area contributed by atoms with E-state index in [1.54, 1.807) is 13.8 Å². The summed E-state index contributed by atoms with van der Waals surface area (Å²) in [4.78, 5) is 28.1. The molecule has 1 aromatic rings. The molecule has 0 spiro atoms. The molecule has 0 fully saturated rings. The fourth-order valence-corrected chi connectivity index (χ4v) is 2.50. The number of nitrogens with zero attached hydrogens (tertiary/aromatic N) is 3. The number of ether oxygens (including phenoxy) is 2. The molecule has 0 aliphatic rings. The van der Waals surface area contributed by atoms with Crippen LogP contribution in [0.2, 0.25) is 0 Å². The topological polar surface area (TPSA) is 89.7 Å². The van der Waals surface area contributed by atoms with Gasteiger partial charge in [0.15, 0.2) is 0 Å². The molecule has 0 amide bonds. The first-order chi connectivity index (χ1) is 12.8. The van der Waals surface area contributed by atoms with Gasteiger partial charge < -0.3 is 9.47 Å². The van der Waals surface area contributed by atoms with Crippen LogP contribution in [0.15, 0.2) is 45.6 Å². The van der Waals surface area contributed by atoms with E-state index in [4.69, 9.17) is 21.7 Å². The summed E-state index contributed by atoms with van der Waals surface area (Å²) in [5, 5.41) is 10.9. The van der Waals surface area contributed by atoms with Gasteiger partial charge in [0.05, 0.1) is 31.2 Å². The van der Waals surface area contributed by atoms with Gasteiger partial charge in [0.25, 0.3) is 0 Å². The number of esters is 2. The van der Waals surface area contributed by atoms with Crippen molar-refractivity contribution in [1.82, 2.24) is 0 Å². The summed E-state index contributed by atoms with van der Waals surface area (Å²) in [5.41, 5.74) is -1.33. The van der Waals surface area contributed by atoms with Gasteiger partial charge in [-0.05, 0) is 45.5 Å². The highest BCUT2D eigenvalue weighted by Crippen LogP contribution is 2.30. The van der Waals surface area contributed by atoms with Crippen LogP contribution in [0.4, 0.5) is 0 Å². The second-order valence-corrected chi connectivity index (χ2v) is 6.46.